The summed E-state index contributed by atoms with van der Waals surface area (Å²) in [5, 5.41) is 0. The molecule has 92 valence electrons. The second-order valence-corrected chi connectivity index (χ2v) is 5.14. The summed E-state index contributed by atoms with van der Waals surface area (Å²) in [6, 6.07) is 3.98. The van der Waals surface area contributed by atoms with Gasteiger partial charge in [-0.15, -0.1) is 0 Å². The first kappa shape index (κ1) is 12.0. The Hall–Kier alpha value is -1.51. The van der Waals surface area contributed by atoms with E-state index in [0.717, 1.165) is 35.5 Å². The Bertz CT molecular complexity index is 454. The molecule has 0 bridgehead atoms. The molecule has 3 nitrogen and oxygen atoms in total. The van der Waals surface area contributed by atoms with Gasteiger partial charge in [0.25, 0.3) is 0 Å². The van der Waals surface area contributed by atoms with Crippen LogP contribution in [0.15, 0.2) is 12.1 Å². The van der Waals surface area contributed by atoms with Crippen molar-refractivity contribution in [1.82, 2.24) is 0 Å². The highest BCUT2D eigenvalue weighted by Crippen LogP contribution is 2.30. The fourth-order valence-corrected chi connectivity index (χ4v) is 2.39. The maximum atomic E-state index is 12.0. The number of nitrogens with zero attached hydrogens (tertiary/aromatic N) is 1. The molecule has 2 rings (SSSR count). The number of anilines is 2. The number of piperidine rings is 1. The minimum absolute atomic E-state index is 0.217. The maximum absolute atomic E-state index is 12.0. The van der Waals surface area contributed by atoms with Gasteiger partial charge in [0.15, 0.2) is 0 Å². The molecule has 1 aromatic rings. The second-order valence-electron chi connectivity index (χ2n) is 5.14. The van der Waals surface area contributed by atoms with Crippen molar-refractivity contribution in [3.8, 4) is 0 Å². The number of nitrogens with two attached hydrogens (primary N) is 1. The Balaban J connectivity index is 2.38. The first-order valence-electron chi connectivity index (χ1n) is 6.16. The fraction of sp³-hybridized carbons (Fsp3) is 0.500. The topological polar surface area (TPSA) is 46.3 Å². The first-order valence-corrected chi connectivity index (χ1v) is 6.16. The molecule has 0 saturated carbocycles. The molecule has 1 saturated heterocycles. The summed E-state index contributed by atoms with van der Waals surface area (Å²) in [6.45, 7) is 7.02. The smallest absolute Gasteiger partial charge is 0.227 e. The summed E-state index contributed by atoms with van der Waals surface area (Å²) >= 11 is 0. The van der Waals surface area contributed by atoms with E-state index < -0.39 is 0 Å². The van der Waals surface area contributed by atoms with Gasteiger partial charge in [0.1, 0.15) is 0 Å². The molecule has 0 spiro atoms. The normalized spacial score (nSPS) is 20.8. The van der Waals surface area contributed by atoms with E-state index in [1.54, 1.807) is 0 Å². The Labute approximate surface area is 103 Å². The highest BCUT2D eigenvalue weighted by molar-refractivity contribution is 5.95. The van der Waals surface area contributed by atoms with E-state index >= 15 is 0 Å². The fourth-order valence-electron chi connectivity index (χ4n) is 2.39. The third kappa shape index (κ3) is 2.28. The Kier molecular flexibility index (Phi) is 3.09. The minimum atomic E-state index is 0.217. The third-order valence-electron chi connectivity index (χ3n) is 3.52. The quantitative estimate of drug-likeness (QED) is 0.757. The zero-order valence-corrected chi connectivity index (χ0v) is 10.8. The van der Waals surface area contributed by atoms with Crippen LogP contribution in [0.4, 0.5) is 11.4 Å². The minimum Gasteiger partial charge on any atom is -0.398 e. The van der Waals surface area contributed by atoms with Gasteiger partial charge < -0.3 is 10.6 Å². The summed E-state index contributed by atoms with van der Waals surface area (Å²) < 4.78 is 0. The van der Waals surface area contributed by atoms with Crippen LogP contribution in [0.5, 0.6) is 0 Å². The van der Waals surface area contributed by atoms with Crippen LogP contribution < -0.4 is 10.6 Å². The lowest BCUT2D eigenvalue weighted by molar-refractivity contribution is -0.120. The molecule has 1 fully saturated rings. The van der Waals surface area contributed by atoms with Crippen molar-refractivity contribution in [2.75, 3.05) is 17.2 Å². The van der Waals surface area contributed by atoms with Crippen LogP contribution in [0, 0.1) is 19.8 Å². The molecule has 1 amide bonds. The van der Waals surface area contributed by atoms with Crippen molar-refractivity contribution in [3.05, 3.63) is 23.3 Å². The van der Waals surface area contributed by atoms with E-state index in [0.29, 0.717) is 12.3 Å². The van der Waals surface area contributed by atoms with E-state index in [2.05, 4.69) is 13.0 Å². The largest absolute Gasteiger partial charge is 0.398 e. The zero-order valence-electron chi connectivity index (χ0n) is 10.8. The molecule has 0 radical (unpaired) electrons. The molecule has 1 aliphatic heterocycles. The van der Waals surface area contributed by atoms with Crippen molar-refractivity contribution in [2.24, 2.45) is 5.92 Å². The van der Waals surface area contributed by atoms with E-state index in [-0.39, 0.29) is 5.91 Å². The van der Waals surface area contributed by atoms with Gasteiger partial charge in [-0.25, -0.2) is 0 Å². The Morgan fingerprint density at radius 3 is 2.71 bits per heavy atom. The lowest BCUT2D eigenvalue weighted by atomic mass is 9.97. The number of hydrogen-bond donors (Lipinski definition) is 1. The van der Waals surface area contributed by atoms with Crippen molar-refractivity contribution >= 4 is 17.3 Å². The number of nitrogen functional groups attached to an aromatic ring is 1. The third-order valence-corrected chi connectivity index (χ3v) is 3.52. The monoisotopic (exact) mass is 232 g/mol. The van der Waals surface area contributed by atoms with E-state index in [4.69, 9.17) is 5.73 Å². The van der Waals surface area contributed by atoms with E-state index in [1.165, 1.54) is 0 Å². The molecule has 1 aromatic carbocycles. The number of amides is 1. The van der Waals surface area contributed by atoms with Gasteiger partial charge in [-0.2, -0.15) is 0 Å². The van der Waals surface area contributed by atoms with Crippen molar-refractivity contribution < 1.29 is 4.79 Å². The molecule has 1 heterocycles. The van der Waals surface area contributed by atoms with Crippen molar-refractivity contribution in [1.29, 1.82) is 0 Å². The summed E-state index contributed by atoms with van der Waals surface area (Å²) in [7, 11) is 0. The summed E-state index contributed by atoms with van der Waals surface area (Å²) in [4.78, 5) is 13.9. The van der Waals surface area contributed by atoms with Crippen LogP contribution in [0.2, 0.25) is 0 Å². The number of hydrogen-bond acceptors (Lipinski definition) is 2. The van der Waals surface area contributed by atoms with Gasteiger partial charge in [-0.1, -0.05) is 13.0 Å². The predicted octanol–water partition coefficient (Wildman–Crippen LogP) is 2.65. The van der Waals surface area contributed by atoms with Crippen LogP contribution >= 0.6 is 0 Å². The molecular formula is C14H20N2O. The Morgan fingerprint density at radius 2 is 2.00 bits per heavy atom. The number of rotatable bonds is 1. The standard InChI is InChI=1S/C14H20N2O/c1-9-4-5-14(17)16(8-9)13-7-12(15)10(2)6-11(13)3/h6-7,9H,4-5,8,15H2,1-3H3. The van der Waals surface area contributed by atoms with Crippen LogP contribution in [0.25, 0.3) is 0 Å². The maximum Gasteiger partial charge on any atom is 0.227 e. The highest BCUT2D eigenvalue weighted by atomic mass is 16.2. The van der Waals surface area contributed by atoms with E-state index in [1.807, 2.05) is 24.8 Å². The van der Waals surface area contributed by atoms with Crippen molar-refractivity contribution in [3.63, 3.8) is 0 Å². The lowest BCUT2D eigenvalue weighted by Gasteiger charge is -2.32. The zero-order chi connectivity index (χ0) is 12.6. The van der Waals surface area contributed by atoms with Crippen LogP contribution in [-0.2, 0) is 4.79 Å². The van der Waals surface area contributed by atoms with Gasteiger partial charge in [0.2, 0.25) is 5.91 Å². The number of carbonyl (C=O) groups excluding carboxylic acids is 1. The predicted molar refractivity (Wildman–Crippen MR) is 71.1 cm³/mol. The van der Waals surface area contributed by atoms with Crippen molar-refractivity contribution in [2.45, 2.75) is 33.6 Å². The Morgan fingerprint density at radius 1 is 1.29 bits per heavy atom. The summed E-state index contributed by atoms with van der Waals surface area (Å²) in [6.07, 6.45) is 1.64. The molecule has 1 unspecified atom stereocenters. The van der Waals surface area contributed by atoms with Gasteiger partial charge in [0.05, 0.1) is 0 Å². The second kappa shape index (κ2) is 4.40. The number of aryl methyl sites for hydroxylation is 2. The lowest BCUT2D eigenvalue weighted by Crippen LogP contribution is -2.39. The molecule has 3 heteroatoms. The molecule has 2 N–H and O–H groups in total. The average Bonchev–Trinajstić information content (AvgIpc) is 2.27. The molecule has 0 aromatic heterocycles. The molecular weight excluding hydrogens is 212 g/mol. The molecule has 1 atom stereocenters. The van der Waals surface area contributed by atoms with E-state index in [9.17, 15) is 4.79 Å². The summed E-state index contributed by atoms with van der Waals surface area (Å²) in [5.74, 6) is 0.782. The number of benzene rings is 1. The van der Waals surface area contributed by atoms with Gasteiger partial charge in [-0.05, 0) is 43.4 Å². The van der Waals surface area contributed by atoms with Gasteiger partial charge in [-0.3, -0.25) is 4.79 Å². The SMILES string of the molecule is Cc1cc(C)c(N2CC(C)CCC2=O)cc1N. The van der Waals surface area contributed by atoms with Crippen LogP contribution in [-0.4, -0.2) is 12.5 Å². The molecule has 1 aliphatic rings. The number of carbonyl (C=O) groups is 1. The average molecular weight is 232 g/mol. The van der Waals surface area contributed by atoms with Crippen LogP contribution in [0.1, 0.15) is 30.9 Å². The highest BCUT2D eigenvalue weighted by Gasteiger charge is 2.25. The van der Waals surface area contributed by atoms with Gasteiger partial charge in [0, 0.05) is 24.3 Å². The molecule has 17 heavy (non-hydrogen) atoms. The summed E-state index contributed by atoms with van der Waals surface area (Å²) in [5.41, 5.74) is 9.87. The van der Waals surface area contributed by atoms with Crippen LogP contribution in [0.3, 0.4) is 0 Å². The van der Waals surface area contributed by atoms with Gasteiger partial charge >= 0.3 is 0 Å². The molecule has 0 aliphatic carbocycles. The first-order chi connectivity index (χ1) is 7.99.